The highest BCUT2D eigenvalue weighted by Gasteiger charge is 2.12. The van der Waals surface area contributed by atoms with Gasteiger partial charge in [-0.2, -0.15) is 0 Å². The van der Waals surface area contributed by atoms with E-state index >= 15 is 0 Å². The number of hydrazone groups is 1. The molecular weight excluding hydrogens is 314 g/mol. The summed E-state index contributed by atoms with van der Waals surface area (Å²) in [7, 11) is 1.50. The van der Waals surface area contributed by atoms with Gasteiger partial charge in [-0.15, -0.1) is 10.5 Å². The highest BCUT2D eigenvalue weighted by Crippen LogP contribution is 2.28. The minimum absolute atomic E-state index is 0.127. The van der Waals surface area contributed by atoms with Crippen molar-refractivity contribution in [3.63, 3.8) is 0 Å². The fraction of sp³-hybridized carbons (Fsp3) is 0.0625. The lowest BCUT2D eigenvalue weighted by Gasteiger charge is -2.09. The number of hydrogen-bond donors (Lipinski definition) is 3. The lowest BCUT2D eigenvalue weighted by molar-refractivity contribution is -0.499. The molecule has 0 aromatic heterocycles. The van der Waals surface area contributed by atoms with Gasteiger partial charge in [0, 0.05) is 5.56 Å². The number of thiocarbonyl (C=S) groups is 1. The van der Waals surface area contributed by atoms with E-state index in [-0.39, 0.29) is 5.11 Å². The largest absolute Gasteiger partial charge is 0.493 e. The highest BCUT2D eigenvalue weighted by atomic mass is 32.1. The van der Waals surface area contributed by atoms with Crippen molar-refractivity contribution in [3.05, 3.63) is 59.7 Å². The average molecular weight is 330 g/mol. The van der Waals surface area contributed by atoms with Gasteiger partial charge in [0.05, 0.1) is 12.7 Å². The molecule has 0 saturated heterocycles. The Kier molecular flexibility index (Phi) is 5.65. The van der Waals surface area contributed by atoms with Gasteiger partial charge in [-0.3, -0.25) is 0 Å². The first-order valence-corrected chi connectivity index (χ1v) is 7.10. The van der Waals surface area contributed by atoms with Gasteiger partial charge < -0.3 is 15.2 Å². The van der Waals surface area contributed by atoms with Gasteiger partial charge in [0.2, 0.25) is 5.11 Å². The van der Waals surface area contributed by atoms with Crippen molar-refractivity contribution in [1.82, 2.24) is 5.43 Å². The van der Waals surface area contributed by atoms with Gasteiger partial charge in [-0.05, 0) is 42.5 Å². The van der Waals surface area contributed by atoms with E-state index in [1.54, 1.807) is 48.7 Å². The molecule has 0 aliphatic carbocycles. The van der Waals surface area contributed by atoms with E-state index in [0.717, 1.165) is 5.56 Å². The normalized spacial score (nSPS) is 10.3. The predicted molar refractivity (Wildman–Crippen MR) is 90.4 cm³/mol. The van der Waals surface area contributed by atoms with Crippen LogP contribution in [0.2, 0.25) is 0 Å². The molecule has 0 fully saturated rings. The molecular formula is C16H16N3O3S+. The Labute approximate surface area is 138 Å². The van der Waals surface area contributed by atoms with E-state index in [9.17, 15) is 4.79 Å². The molecule has 0 saturated carbocycles. The molecule has 0 aliphatic rings. The average Bonchev–Trinajstić information content (AvgIpc) is 2.56. The summed E-state index contributed by atoms with van der Waals surface area (Å²) < 4.78 is 10.6. The lowest BCUT2D eigenvalue weighted by Crippen LogP contribution is -2.82. The minimum atomic E-state index is -0.450. The Hall–Kier alpha value is -2.93. The first-order chi connectivity index (χ1) is 11.1. The molecule has 0 amide bonds. The number of hydrazine groups is 1. The van der Waals surface area contributed by atoms with E-state index in [1.165, 1.54) is 7.11 Å². The van der Waals surface area contributed by atoms with Gasteiger partial charge in [0.1, 0.15) is 0 Å². The Bertz CT molecular complexity index is 733. The number of hydrogen-bond acceptors (Lipinski definition) is 4. The van der Waals surface area contributed by atoms with Crippen molar-refractivity contribution < 1.29 is 19.4 Å². The summed E-state index contributed by atoms with van der Waals surface area (Å²) in [6.07, 6.45) is 1.64. The number of carbonyl (C=O) groups is 1. The van der Waals surface area contributed by atoms with Crippen LogP contribution in [0.15, 0.2) is 48.5 Å². The second-order valence-corrected chi connectivity index (χ2v) is 4.88. The maximum Gasteiger partial charge on any atom is 0.343 e. The van der Waals surface area contributed by atoms with E-state index < -0.39 is 5.97 Å². The maximum absolute atomic E-state index is 12.1. The zero-order valence-electron chi connectivity index (χ0n) is 12.4. The van der Waals surface area contributed by atoms with Gasteiger partial charge in [-0.1, -0.05) is 18.2 Å². The summed E-state index contributed by atoms with van der Waals surface area (Å²) in [6, 6.07) is 13.8. The number of carbonyl (C=O) groups excluding carboxylic acids is 1. The van der Waals surface area contributed by atoms with Crippen LogP contribution in [0.3, 0.4) is 0 Å². The number of esters is 1. The third kappa shape index (κ3) is 4.79. The molecule has 2 aromatic rings. The number of methoxy groups -OCH3 is 1. The molecule has 23 heavy (non-hydrogen) atoms. The molecule has 6 nitrogen and oxygen atoms in total. The molecule has 0 unspecified atom stereocenters. The van der Waals surface area contributed by atoms with Crippen molar-refractivity contribution in [1.29, 1.82) is 0 Å². The molecule has 0 spiro atoms. The van der Waals surface area contributed by atoms with Gasteiger partial charge in [-0.25, -0.2) is 4.79 Å². The number of nitrogens with two attached hydrogens (primary N) is 1. The molecule has 7 heteroatoms. The van der Waals surface area contributed by atoms with Crippen LogP contribution < -0.4 is 25.7 Å². The Morgan fingerprint density at radius 3 is 2.61 bits per heavy atom. The molecule has 2 aromatic carbocycles. The predicted octanol–water partition coefficient (Wildman–Crippen LogP) is 0.162. The molecule has 4 N–H and O–H groups in total. The molecule has 2 rings (SSSR count). The fourth-order valence-electron chi connectivity index (χ4n) is 1.78. The van der Waals surface area contributed by atoms with Gasteiger partial charge in [0.15, 0.2) is 17.7 Å². The highest BCUT2D eigenvalue weighted by molar-refractivity contribution is 7.80. The SMILES string of the molecule is COc1cc(C=[NH+]NC(N)=S)ccc1OC(=O)c1ccccc1. The van der Waals surface area contributed by atoms with Crippen molar-refractivity contribution in [2.75, 3.05) is 7.11 Å². The second kappa shape index (κ2) is 7.90. The first-order valence-electron chi connectivity index (χ1n) is 6.69. The Morgan fingerprint density at radius 2 is 1.96 bits per heavy atom. The summed E-state index contributed by atoms with van der Waals surface area (Å²) in [5, 5.41) is 2.86. The third-order valence-corrected chi connectivity index (χ3v) is 2.94. The standard InChI is InChI=1S/C16H15N3O3S/c1-21-14-9-11(10-18-19-16(17)23)7-8-13(14)22-15(20)12-5-3-2-4-6-12/h2-10H,1H3,(H3,17,19,23)/p+1. The smallest absolute Gasteiger partial charge is 0.343 e. The summed E-state index contributed by atoms with van der Waals surface area (Å²) in [6.45, 7) is 0. The molecule has 118 valence electrons. The zero-order valence-corrected chi connectivity index (χ0v) is 13.2. The van der Waals surface area contributed by atoms with Crippen molar-refractivity contribution in [2.24, 2.45) is 5.73 Å². The monoisotopic (exact) mass is 330 g/mol. The van der Waals surface area contributed by atoms with Crippen LogP contribution in [0.5, 0.6) is 11.5 Å². The van der Waals surface area contributed by atoms with Crippen LogP contribution in [0.1, 0.15) is 15.9 Å². The van der Waals surface area contributed by atoms with Gasteiger partial charge in [0.25, 0.3) is 0 Å². The summed E-state index contributed by atoms with van der Waals surface area (Å²) in [5.74, 6) is 0.315. The number of benzene rings is 2. The Morgan fingerprint density at radius 1 is 1.22 bits per heavy atom. The zero-order chi connectivity index (χ0) is 16.7. The quantitative estimate of drug-likeness (QED) is 0.238. The van der Waals surface area contributed by atoms with Crippen LogP contribution in [0, 0.1) is 0 Å². The van der Waals surface area contributed by atoms with Crippen LogP contribution in [-0.4, -0.2) is 24.4 Å². The summed E-state index contributed by atoms with van der Waals surface area (Å²) >= 11 is 4.68. The van der Waals surface area contributed by atoms with Crippen molar-refractivity contribution in [3.8, 4) is 11.5 Å². The number of nitrogens with one attached hydrogen (secondary N) is 2. The summed E-state index contributed by atoms with van der Waals surface area (Å²) in [4.78, 5) is 12.1. The molecule has 0 heterocycles. The maximum atomic E-state index is 12.1. The van der Waals surface area contributed by atoms with E-state index in [0.29, 0.717) is 17.1 Å². The van der Waals surface area contributed by atoms with Crippen LogP contribution >= 0.6 is 12.2 Å². The van der Waals surface area contributed by atoms with Crippen LogP contribution in [0.25, 0.3) is 0 Å². The van der Waals surface area contributed by atoms with Gasteiger partial charge >= 0.3 is 5.97 Å². The fourth-order valence-corrected chi connectivity index (χ4v) is 1.84. The van der Waals surface area contributed by atoms with Crippen molar-refractivity contribution in [2.45, 2.75) is 0 Å². The molecule has 0 radical (unpaired) electrons. The molecule has 0 aliphatic heterocycles. The second-order valence-electron chi connectivity index (χ2n) is 4.44. The first kappa shape index (κ1) is 16.4. The minimum Gasteiger partial charge on any atom is -0.493 e. The van der Waals surface area contributed by atoms with Crippen LogP contribution in [0.4, 0.5) is 0 Å². The molecule has 0 bridgehead atoms. The number of rotatable bonds is 5. The lowest BCUT2D eigenvalue weighted by atomic mass is 10.2. The van der Waals surface area contributed by atoms with E-state index in [1.807, 2.05) is 6.07 Å². The molecule has 0 atom stereocenters. The van der Waals surface area contributed by atoms with E-state index in [2.05, 4.69) is 22.7 Å². The number of ether oxygens (including phenoxy) is 2. The topological polar surface area (TPSA) is 87.6 Å². The van der Waals surface area contributed by atoms with E-state index in [4.69, 9.17) is 15.2 Å². The Balaban J connectivity index is 2.15. The summed E-state index contributed by atoms with van der Waals surface area (Å²) in [5.41, 5.74) is 9.13. The third-order valence-electron chi connectivity index (χ3n) is 2.83. The van der Waals surface area contributed by atoms with Crippen LogP contribution in [-0.2, 0) is 0 Å². The van der Waals surface area contributed by atoms with Crippen molar-refractivity contribution >= 4 is 29.5 Å².